The molecule has 3 aromatic rings. The molecular weight excluding hydrogens is 380 g/mol. The van der Waals surface area contributed by atoms with Gasteiger partial charge in [-0.15, -0.1) is 0 Å². The van der Waals surface area contributed by atoms with Crippen molar-refractivity contribution in [2.75, 3.05) is 33.9 Å². The lowest BCUT2D eigenvalue weighted by Gasteiger charge is -2.30. The smallest absolute Gasteiger partial charge is 0.257 e. The average Bonchev–Trinajstić information content (AvgIpc) is 2.74. The first kappa shape index (κ1) is 19.2. The van der Waals surface area contributed by atoms with E-state index in [4.69, 9.17) is 0 Å². The molecule has 30 heavy (non-hydrogen) atoms. The lowest BCUT2D eigenvalue weighted by Crippen LogP contribution is -2.42. The van der Waals surface area contributed by atoms with Crippen molar-refractivity contribution in [1.82, 2.24) is 0 Å². The number of nitrogens with one attached hydrogen (secondary N) is 3. The van der Waals surface area contributed by atoms with E-state index in [-0.39, 0.29) is 30.8 Å². The van der Waals surface area contributed by atoms with Gasteiger partial charge in [-0.05, 0) is 36.4 Å². The van der Waals surface area contributed by atoms with Crippen molar-refractivity contribution < 1.29 is 14.4 Å². The molecule has 4 rings (SSSR count). The molecule has 1 aliphatic heterocycles. The number of hydrogen-bond acceptors (Lipinski definition) is 4. The van der Waals surface area contributed by atoms with Crippen LogP contribution in [0.1, 0.15) is 10.4 Å². The third-order valence-electron chi connectivity index (χ3n) is 4.67. The Morgan fingerprint density at radius 2 is 1.57 bits per heavy atom. The fourth-order valence-electron chi connectivity index (χ4n) is 3.32. The van der Waals surface area contributed by atoms with Gasteiger partial charge in [-0.1, -0.05) is 42.5 Å². The molecule has 0 spiro atoms. The van der Waals surface area contributed by atoms with Crippen LogP contribution in [0.4, 0.5) is 22.7 Å². The van der Waals surface area contributed by atoms with Crippen molar-refractivity contribution in [3.05, 3.63) is 84.4 Å². The molecule has 3 amide bonds. The zero-order valence-corrected chi connectivity index (χ0v) is 16.1. The molecule has 7 nitrogen and oxygen atoms in total. The summed E-state index contributed by atoms with van der Waals surface area (Å²) in [5.41, 5.74) is 2.88. The largest absolute Gasteiger partial charge is 0.351 e. The molecule has 0 saturated carbocycles. The molecule has 150 valence electrons. The van der Waals surface area contributed by atoms with E-state index < -0.39 is 0 Å². The minimum atomic E-state index is -0.320. The van der Waals surface area contributed by atoms with E-state index in [1.807, 2.05) is 36.4 Å². The summed E-state index contributed by atoms with van der Waals surface area (Å²) in [5.74, 6) is -0.816. The van der Waals surface area contributed by atoms with Gasteiger partial charge in [0, 0.05) is 5.69 Å². The summed E-state index contributed by atoms with van der Waals surface area (Å²) in [6.07, 6.45) is 0. The van der Waals surface area contributed by atoms with Crippen LogP contribution in [0, 0.1) is 0 Å². The molecular formula is C23H20N4O3. The van der Waals surface area contributed by atoms with Crippen molar-refractivity contribution in [3.8, 4) is 0 Å². The Morgan fingerprint density at radius 3 is 2.40 bits per heavy atom. The van der Waals surface area contributed by atoms with Gasteiger partial charge in [0.2, 0.25) is 11.8 Å². The van der Waals surface area contributed by atoms with Gasteiger partial charge in [0.05, 0.1) is 35.7 Å². The monoisotopic (exact) mass is 400 g/mol. The van der Waals surface area contributed by atoms with E-state index in [0.717, 1.165) is 5.69 Å². The number of benzene rings is 3. The summed E-state index contributed by atoms with van der Waals surface area (Å²) in [6, 6.07) is 23.2. The van der Waals surface area contributed by atoms with Gasteiger partial charge in [0.1, 0.15) is 0 Å². The predicted molar refractivity (Wildman–Crippen MR) is 117 cm³/mol. The molecule has 7 heteroatoms. The Morgan fingerprint density at radius 1 is 0.867 bits per heavy atom. The molecule has 1 aliphatic rings. The summed E-state index contributed by atoms with van der Waals surface area (Å²) in [5, 5.41) is 8.41. The first-order valence-electron chi connectivity index (χ1n) is 9.49. The molecule has 0 saturated heterocycles. The first-order valence-corrected chi connectivity index (χ1v) is 9.49. The summed E-state index contributed by atoms with van der Waals surface area (Å²) >= 11 is 0. The van der Waals surface area contributed by atoms with E-state index in [0.29, 0.717) is 22.6 Å². The molecule has 0 bridgehead atoms. The Labute approximate surface area is 173 Å². The molecule has 0 atom stereocenters. The van der Waals surface area contributed by atoms with Crippen LogP contribution in [-0.2, 0) is 9.59 Å². The summed E-state index contributed by atoms with van der Waals surface area (Å²) < 4.78 is 0. The molecule has 3 aromatic carbocycles. The normalized spacial score (nSPS) is 12.5. The van der Waals surface area contributed by atoms with Gasteiger partial charge in [-0.2, -0.15) is 0 Å². The van der Waals surface area contributed by atoms with Crippen LogP contribution in [0.5, 0.6) is 0 Å². The Balaban J connectivity index is 1.48. The number of amides is 3. The highest BCUT2D eigenvalue weighted by molar-refractivity contribution is 6.11. The fourth-order valence-corrected chi connectivity index (χ4v) is 3.32. The van der Waals surface area contributed by atoms with Crippen molar-refractivity contribution in [2.45, 2.75) is 0 Å². The SMILES string of the molecule is O=C(CN1CC(=O)Nc2ccccc21)Nc1ccccc1C(=O)Nc1ccccc1. The van der Waals surface area contributed by atoms with E-state index in [2.05, 4.69) is 16.0 Å². The molecule has 1 heterocycles. The summed E-state index contributed by atoms with van der Waals surface area (Å²) in [7, 11) is 0. The van der Waals surface area contributed by atoms with Gasteiger partial charge >= 0.3 is 0 Å². The van der Waals surface area contributed by atoms with Crippen LogP contribution < -0.4 is 20.9 Å². The van der Waals surface area contributed by atoms with Crippen molar-refractivity contribution >= 4 is 40.5 Å². The Bertz CT molecular complexity index is 1100. The van der Waals surface area contributed by atoms with Crippen LogP contribution in [0.3, 0.4) is 0 Å². The van der Waals surface area contributed by atoms with Crippen LogP contribution in [0.2, 0.25) is 0 Å². The second kappa shape index (κ2) is 8.48. The minimum absolute atomic E-state index is 0.0148. The van der Waals surface area contributed by atoms with Gasteiger partial charge < -0.3 is 20.9 Å². The quantitative estimate of drug-likeness (QED) is 0.613. The second-order valence-corrected chi connectivity index (χ2v) is 6.84. The maximum absolute atomic E-state index is 12.7. The minimum Gasteiger partial charge on any atom is -0.351 e. The number of para-hydroxylation sites is 4. The average molecular weight is 400 g/mol. The molecule has 0 fully saturated rings. The highest BCUT2D eigenvalue weighted by Crippen LogP contribution is 2.28. The van der Waals surface area contributed by atoms with Crippen LogP contribution in [0.25, 0.3) is 0 Å². The number of carbonyl (C=O) groups excluding carboxylic acids is 3. The maximum atomic E-state index is 12.7. The van der Waals surface area contributed by atoms with E-state index in [1.54, 1.807) is 47.4 Å². The van der Waals surface area contributed by atoms with Gasteiger partial charge in [0.25, 0.3) is 5.91 Å². The van der Waals surface area contributed by atoms with Crippen molar-refractivity contribution in [2.24, 2.45) is 0 Å². The number of nitrogens with zero attached hydrogens (tertiary/aromatic N) is 1. The molecule has 3 N–H and O–H groups in total. The number of carbonyl (C=O) groups is 3. The van der Waals surface area contributed by atoms with Gasteiger partial charge in [-0.3, -0.25) is 14.4 Å². The third kappa shape index (κ3) is 4.30. The molecule has 0 aliphatic carbocycles. The number of anilines is 4. The molecule has 0 unspecified atom stereocenters. The highest BCUT2D eigenvalue weighted by Gasteiger charge is 2.23. The predicted octanol–water partition coefficient (Wildman–Crippen LogP) is 3.34. The zero-order valence-electron chi connectivity index (χ0n) is 16.1. The standard InChI is InChI=1S/C23H20N4O3/c28-21(14-27-15-22(29)26-19-12-6-7-13-20(19)27)25-18-11-5-4-10-17(18)23(30)24-16-8-2-1-3-9-16/h1-13H,14-15H2,(H,24,30)(H,25,28)(H,26,29). The van der Waals surface area contributed by atoms with E-state index in [9.17, 15) is 14.4 Å². The van der Waals surface area contributed by atoms with Crippen molar-refractivity contribution in [3.63, 3.8) is 0 Å². The van der Waals surface area contributed by atoms with Gasteiger partial charge in [-0.25, -0.2) is 0 Å². The molecule has 0 radical (unpaired) electrons. The third-order valence-corrected chi connectivity index (χ3v) is 4.67. The fraction of sp³-hybridized carbons (Fsp3) is 0.0870. The zero-order chi connectivity index (χ0) is 20.9. The van der Waals surface area contributed by atoms with Crippen LogP contribution >= 0.6 is 0 Å². The number of fused-ring (bicyclic) bond motifs is 1. The Kier molecular flexibility index (Phi) is 5.43. The summed E-state index contributed by atoms with van der Waals surface area (Å²) in [6.45, 7) is 0.0691. The lowest BCUT2D eigenvalue weighted by molar-refractivity contribution is -0.115. The van der Waals surface area contributed by atoms with Crippen LogP contribution in [0.15, 0.2) is 78.9 Å². The van der Waals surface area contributed by atoms with E-state index in [1.165, 1.54) is 0 Å². The maximum Gasteiger partial charge on any atom is 0.257 e. The summed E-state index contributed by atoms with van der Waals surface area (Å²) in [4.78, 5) is 39.1. The number of hydrogen-bond donors (Lipinski definition) is 3. The van der Waals surface area contributed by atoms with E-state index >= 15 is 0 Å². The molecule has 0 aromatic heterocycles. The van der Waals surface area contributed by atoms with Gasteiger partial charge in [0.15, 0.2) is 0 Å². The Hall–Kier alpha value is -4.13. The van der Waals surface area contributed by atoms with Crippen molar-refractivity contribution in [1.29, 1.82) is 0 Å². The van der Waals surface area contributed by atoms with Crippen LogP contribution in [-0.4, -0.2) is 30.8 Å². The second-order valence-electron chi connectivity index (χ2n) is 6.84. The number of rotatable bonds is 5. The topological polar surface area (TPSA) is 90.5 Å². The lowest BCUT2D eigenvalue weighted by atomic mass is 10.1. The highest BCUT2D eigenvalue weighted by atomic mass is 16.2. The first-order chi connectivity index (χ1) is 14.6.